The van der Waals surface area contributed by atoms with Gasteiger partial charge >= 0.3 is 0 Å². The highest BCUT2D eigenvalue weighted by atomic mass is 32.2. The number of benzene rings is 2. The van der Waals surface area contributed by atoms with Crippen molar-refractivity contribution in [2.45, 2.75) is 30.1 Å². The molecule has 0 unspecified atom stereocenters. The van der Waals surface area contributed by atoms with E-state index in [1.807, 2.05) is 38.1 Å². The minimum Gasteiger partial charge on any atom is -0.268 e. The molecule has 1 heterocycles. The zero-order chi connectivity index (χ0) is 20.3. The Bertz CT molecular complexity index is 971. The molecule has 0 spiro atoms. The Kier molecular flexibility index (Phi) is 6.21. The predicted octanol–water partition coefficient (Wildman–Crippen LogP) is 5.50. The SMILES string of the molecule is CCCN1C(=O)S/C(=C\c2ccc(Sc3ccc(C)cc3)c([N+](=O)[O-])c2)C1=O. The standard InChI is InChI=1S/C20H18N2O4S2/c1-3-10-21-19(23)18(28-20(21)24)12-14-6-9-17(16(11-14)22(25)26)27-15-7-4-13(2)5-8-15/h4-9,11-12H,3,10H2,1-2H3/b18-12-. The number of nitro benzene ring substituents is 1. The molecular weight excluding hydrogens is 396 g/mol. The number of carbonyl (C=O) groups is 2. The third-order valence-electron chi connectivity index (χ3n) is 4.05. The largest absolute Gasteiger partial charge is 0.293 e. The van der Waals surface area contributed by atoms with E-state index in [9.17, 15) is 19.7 Å². The van der Waals surface area contributed by atoms with Crippen LogP contribution in [-0.4, -0.2) is 27.5 Å². The number of imide groups is 1. The second-order valence-corrected chi connectivity index (χ2v) is 8.34. The van der Waals surface area contributed by atoms with Gasteiger partial charge in [0.15, 0.2) is 0 Å². The van der Waals surface area contributed by atoms with E-state index < -0.39 is 4.92 Å². The Morgan fingerprint density at radius 3 is 2.54 bits per heavy atom. The number of thioether (sulfide) groups is 1. The molecule has 144 valence electrons. The first-order chi connectivity index (χ1) is 13.4. The number of carbonyl (C=O) groups excluding carboxylic acids is 2. The van der Waals surface area contributed by atoms with Crippen molar-refractivity contribution in [3.8, 4) is 0 Å². The van der Waals surface area contributed by atoms with Gasteiger partial charge in [-0.05, 0) is 54.9 Å². The van der Waals surface area contributed by atoms with Gasteiger partial charge in [-0.1, -0.05) is 42.4 Å². The number of amides is 2. The van der Waals surface area contributed by atoms with Crippen LogP contribution in [0.3, 0.4) is 0 Å². The van der Waals surface area contributed by atoms with Crippen molar-refractivity contribution in [3.63, 3.8) is 0 Å². The van der Waals surface area contributed by atoms with E-state index in [-0.39, 0.29) is 21.7 Å². The maximum atomic E-state index is 12.3. The van der Waals surface area contributed by atoms with E-state index >= 15 is 0 Å². The first kappa shape index (κ1) is 20.2. The number of nitrogens with zero attached hydrogens (tertiary/aromatic N) is 2. The van der Waals surface area contributed by atoms with Crippen LogP contribution >= 0.6 is 23.5 Å². The molecule has 2 aromatic rings. The maximum Gasteiger partial charge on any atom is 0.293 e. The molecule has 1 fully saturated rings. The quantitative estimate of drug-likeness (QED) is 0.353. The Morgan fingerprint density at radius 2 is 1.89 bits per heavy atom. The summed E-state index contributed by atoms with van der Waals surface area (Å²) in [5.74, 6) is -0.349. The Balaban J connectivity index is 1.89. The second kappa shape index (κ2) is 8.62. The van der Waals surface area contributed by atoms with Crippen LogP contribution in [-0.2, 0) is 4.79 Å². The smallest absolute Gasteiger partial charge is 0.268 e. The molecule has 0 atom stereocenters. The van der Waals surface area contributed by atoms with Gasteiger partial charge in [0, 0.05) is 17.5 Å². The van der Waals surface area contributed by atoms with Gasteiger partial charge in [0.2, 0.25) is 0 Å². The van der Waals surface area contributed by atoms with Crippen molar-refractivity contribution in [2.75, 3.05) is 6.54 Å². The van der Waals surface area contributed by atoms with Crippen molar-refractivity contribution < 1.29 is 14.5 Å². The minimum atomic E-state index is -0.434. The number of hydrogen-bond acceptors (Lipinski definition) is 6. The number of hydrogen-bond donors (Lipinski definition) is 0. The molecule has 28 heavy (non-hydrogen) atoms. The zero-order valence-corrected chi connectivity index (χ0v) is 17.0. The van der Waals surface area contributed by atoms with Crippen LogP contribution < -0.4 is 0 Å². The van der Waals surface area contributed by atoms with Crippen LogP contribution in [0.5, 0.6) is 0 Å². The molecule has 0 bridgehead atoms. The molecule has 1 saturated heterocycles. The van der Waals surface area contributed by atoms with Gasteiger partial charge in [0.1, 0.15) is 0 Å². The third-order valence-corrected chi connectivity index (χ3v) is 6.03. The molecular formula is C20H18N2O4S2. The summed E-state index contributed by atoms with van der Waals surface area (Å²) in [6.45, 7) is 4.24. The molecule has 3 rings (SSSR count). The number of rotatable bonds is 6. The van der Waals surface area contributed by atoms with Gasteiger partial charge in [-0.3, -0.25) is 24.6 Å². The summed E-state index contributed by atoms with van der Waals surface area (Å²) < 4.78 is 0. The molecule has 6 nitrogen and oxygen atoms in total. The van der Waals surface area contributed by atoms with Crippen LogP contribution in [0.25, 0.3) is 6.08 Å². The van der Waals surface area contributed by atoms with E-state index in [0.29, 0.717) is 23.4 Å². The minimum absolute atomic E-state index is 0.0351. The monoisotopic (exact) mass is 414 g/mol. The van der Waals surface area contributed by atoms with Crippen molar-refractivity contribution in [3.05, 3.63) is 68.6 Å². The molecule has 2 amide bonds. The Hall–Kier alpha value is -2.58. The van der Waals surface area contributed by atoms with Crippen LogP contribution in [0.1, 0.15) is 24.5 Å². The average molecular weight is 415 g/mol. The lowest BCUT2D eigenvalue weighted by molar-refractivity contribution is -0.387. The number of aryl methyl sites for hydroxylation is 1. The lowest BCUT2D eigenvalue weighted by Gasteiger charge is -2.09. The first-order valence-corrected chi connectivity index (χ1v) is 10.3. The highest BCUT2D eigenvalue weighted by Crippen LogP contribution is 2.37. The molecule has 0 N–H and O–H groups in total. The summed E-state index contributed by atoms with van der Waals surface area (Å²) in [6, 6.07) is 12.6. The fraction of sp³-hybridized carbons (Fsp3) is 0.200. The van der Waals surface area contributed by atoms with Gasteiger partial charge in [0.25, 0.3) is 16.8 Å². The summed E-state index contributed by atoms with van der Waals surface area (Å²) in [7, 11) is 0. The van der Waals surface area contributed by atoms with Gasteiger partial charge in [-0.2, -0.15) is 0 Å². The highest BCUT2D eigenvalue weighted by molar-refractivity contribution is 8.18. The van der Waals surface area contributed by atoms with Crippen LogP contribution in [0.2, 0.25) is 0 Å². The van der Waals surface area contributed by atoms with E-state index in [0.717, 1.165) is 22.2 Å². The molecule has 0 aromatic heterocycles. The van der Waals surface area contributed by atoms with Gasteiger partial charge in [0.05, 0.1) is 14.7 Å². The van der Waals surface area contributed by atoms with Crippen LogP contribution in [0.4, 0.5) is 10.5 Å². The van der Waals surface area contributed by atoms with Gasteiger partial charge in [-0.15, -0.1) is 0 Å². The van der Waals surface area contributed by atoms with Gasteiger partial charge in [-0.25, -0.2) is 0 Å². The molecule has 1 aliphatic heterocycles. The van der Waals surface area contributed by atoms with Crippen molar-refractivity contribution in [1.29, 1.82) is 0 Å². The first-order valence-electron chi connectivity index (χ1n) is 8.67. The predicted molar refractivity (Wildman–Crippen MR) is 111 cm³/mol. The Morgan fingerprint density at radius 1 is 1.18 bits per heavy atom. The zero-order valence-electron chi connectivity index (χ0n) is 15.4. The fourth-order valence-corrected chi connectivity index (χ4v) is 4.42. The molecule has 2 aromatic carbocycles. The Labute approximate surface area is 171 Å². The molecule has 1 aliphatic rings. The van der Waals surface area contributed by atoms with Crippen molar-refractivity contribution in [2.24, 2.45) is 0 Å². The molecule has 0 radical (unpaired) electrons. The lowest BCUT2D eigenvalue weighted by Crippen LogP contribution is -2.28. The van der Waals surface area contributed by atoms with Gasteiger partial charge < -0.3 is 0 Å². The summed E-state index contributed by atoms with van der Waals surface area (Å²) in [5, 5.41) is 11.2. The van der Waals surface area contributed by atoms with Crippen LogP contribution in [0, 0.1) is 17.0 Å². The second-order valence-electron chi connectivity index (χ2n) is 6.23. The summed E-state index contributed by atoms with van der Waals surface area (Å²) in [6.07, 6.45) is 2.22. The van der Waals surface area contributed by atoms with Crippen LogP contribution in [0.15, 0.2) is 57.2 Å². The molecule has 8 heteroatoms. The average Bonchev–Trinajstić information content (AvgIpc) is 2.92. The third kappa shape index (κ3) is 4.45. The van der Waals surface area contributed by atoms with E-state index in [1.165, 1.54) is 28.8 Å². The lowest BCUT2D eigenvalue weighted by atomic mass is 10.2. The highest BCUT2D eigenvalue weighted by Gasteiger charge is 2.34. The fourth-order valence-electron chi connectivity index (χ4n) is 2.65. The van der Waals surface area contributed by atoms with Crippen molar-refractivity contribution in [1.82, 2.24) is 4.90 Å². The van der Waals surface area contributed by atoms with E-state index in [4.69, 9.17) is 0 Å². The summed E-state index contributed by atoms with van der Waals surface area (Å²) in [4.78, 5) is 38.3. The maximum absolute atomic E-state index is 12.3. The molecule has 0 aliphatic carbocycles. The summed E-state index contributed by atoms with van der Waals surface area (Å²) >= 11 is 2.18. The molecule has 0 saturated carbocycles. The van der Waals surface area contributed by atoms with Crippen molar-refractivity contribution >= 4 is 46.4 Å². The topological polar surface area (TPSA) is 80.5 Å². The van der Waals surface area contributed by atoms with E-state index in [2.05, 4.69) is 0 Å². The number of nitro groups is 1. The normalized spacial score (nSPS) is 15.5. The van der Waals surface area contributed by atoms with E-state index in [1.54, 1.807) is 12.1 Å². The summed E-state index contributed by atoms with van der Waals surface area (Å²) in [5.41, 5.74) is 1.60.